The molecular weight excluding hydrogens is 322 g/mol. The van der Waals surface area contributed by atoms with E-state index in [1.54, 1.807) is 12.1 Å². The highest BCUT2D eigenvalue weighted by atomic mass is 35.5. The number of hydrogen-bond acceptors (Lipinski definition) is 3. The van der Waals surface area contributed by atoms with Gasteiger partial charge in [0.2, 0.25) is 10.0 Å². The predicted molar refractivity (Wildman–Crippen MR) is 87.7 cm³/mol. The fourth-order valence-corrected chi connectivity index (χ4v) is 3.76. The van der Waals surface area contributed by atoms with Gasteiger partial charge in [0, 0.05) is 23.8 Å². The van der Waals surface area contributed by atoms with E-state index in [0.717, 1.165) is 23.5 Å². The Morgan fingerprint density at radius 2 is 2.05 bits per heavy atom. The van der Waals surface area contributed by atoms with Crippen LogP contribution in [0.25, 0.3) is 0 Å². The van der Waals surface area contributed by atoms with Gasteiger partial charge in [-0.3, -0.25) is 4.68 Å². The van der Waals surface area contributed by atoms with Crippen LogP contribution in [0.1, 0.15) is 23.9 Å². The van der Waals surface area contributed by atoms with E-state index in [1.165, 1.54) is 12.1 Å². The van der Waals surface area contributed by atoms with E-state index in [2.05, 4.69) is 9.82 Å². The fourth-order valence-electron chi connectivity index (χ4n) is 2.43. The van der Waals surface area contributed by atoms with Gasteiger partial charge >= 0.3 is 0 Å². The average molecular weight is 342 g/mol. The van der Waals surface area contributed by atoms with Gasteiger partial charge in [-0.1, -0.05) is 17.7 Å². The van der Waals surface area contributed by atoms with Crippen LogP contribution in [0.4, 0.5) is 0 Å². The summed E-state index contributed by atoms with van der Waals surface area (Å²) in [6.45, 7) is 7.11. The molecule has 22 heavy (non-hydrogen) atoms. The van der Waals surface area contributed by atoms with E-state index in [-0.39, 0.29) is 4.90 Å². The van der Waals surface area contributed by atoms with Crippen LogP contribution >= 0.6 is 11.6 Å². The van der Waals surface area contributed by atoms with Crippen molar-refractivity contribution in [2.75, 3.05) is 6.54 Å². The number of sulfonamides is 1. The molecule has 0 amide bonds. The van der Waals surface area contributed by atoms with Gasteiger partial charge < -0.3 is 0 Å². The van der Waals surface area contributed by atoms with Gasteiger partial charge in [0.25, 0.3) is 0 Å². The molecule has 5 nitrogen and oxygen atoms in total. The summed E-state index contributed by atoms with van der Waals surface area (Å²) in [6.07, 6.45) is 0.609. The Labute approximate surface area is 136 Å². The molecule has 2 aromatic rings. The van der Waals surface area contributed by atoms with Crippen molar-refractivity contribution in [3.8, 4) is 0 Å². The minimum atomic E-state index is -3.54. The fraction of sp³-hybridized carbons (Fsp3) is 0.400. The SMILES string of the molecule is CCn1nc(C)c(CCNS(=O)(=O)c2cccc(Cl)c2)c1C. The Morgan fingerprint density at radius 1 is 1.32 bits per heavy atom. The van der Waals surface area contributed by atoms with Crippen molar-refractivity contribution < 1.29 is 8.42 Å². The molecule has 120 valence electrons. The van der Waals surface area contributed by atoms with Crippen LogP contribution in [-0.4, -0.2) is 24.7 Å². The molecule has 7 heteroatoms. The first-order valence-corrected chi connectivity index (χ1v) is 8.99. The summed E-state index contributed by atoms with van der Waals surface area (Å²) in [5.74, 6) is 0. The minimum Gasteiger partial charge on any atom is -0.270 e. The predicted octanol–water partition coefficient (Wildman–Crippen LogP) is 2.69. The molecule has 0 bridgehead atoms. The van der Waals surface area contributed by atoms with Gasteiger partial charge in [-0.2, -0.15) is 5.10 Å². The third-order valence-electron chi connectivity index (χ3n) is 3.60. The molecule has 1 N–H and O–H groups in total. The molecule has 0 atom stereocenters. The second-order valence-corrected chi connectivity index (χ2v) is 7.27. The quantitative estimate of drug-likeness (QED) is 0.878. The Morgan fingerprint density at radius 3 is 2.64 bits per heavy atom. The summed E-state index contributed by atoms with van der Waals surface area (Å²) in [5.41, 5.74) is 3.12. The van der Waals surface area contributed by atoms with Crippen molar-refractivity contribution in [1.29, 1.82) is 0 Å². The van der Waals surface area contributed by atoms with Crippen molar-refractivity contribution in [3.05, 3.63) is 46.2 Å². The maximum Gasteiger partial charge on any atom is 0.240 e. The van der Waals surface area contributed by atoms with Gasteiger partial charge in [-0.05, 0) is 51.0 Å². The maximum absolute atomic E-state index is 12.2. The first-order valence-electron chi connectivity index (χ1n) is 7.13. The molecule has 1 heterocycles. The molecule has 0 radical (unpaired) electrons. The molecule has 2 rings (SSSR count). The Hall–Kier alpha value is -1.37. The first-order chi connectivity index (χ1) is 10.3. The van der Waals surface area contributed by atoms with Gasteiger partial charge in [-0.25, -0.2) is 13.1 Å². The molecule has 0 fully saturated rings. The molecule has 0 saturated heterocycles. The van der Waals surface area contributed by atoms with Crippen LogP contribution in [0.15, 0.2) is 29.2 Å². The van der Waals surface area contributed by atoms with E-state index in [1.807, 2.05) is 25.5 Å². The number of halogens is 1. The monoisotopic (exact) mass is 341 g/mol. The highest BCUT2D eigenvalue weighted by Crippen LogP contribution is 2.16. The number of rotatable bonds is 6. The number of nitrogens with one attached hydrogen (secondary N) is 1. The molecule has 0 aliphatic carbocycles. The number of benzene rings is 1. The normalized spacial score (nSPS) is 11.8. The lowest BCUT2D eigenvalue weighted by Gasteiger charge is -2.07. The van der Waals surface area contributed by atoms with Crippen molar-refractivity contribution in [1.82, 2.24) is 14.5 Å². The zero-order valence-electron chi connectivity index (χ0n) is 12.9. The van der Waals surface area contributed by atoms with Gasteiger partial charge in [0.05, 0.1) is 10.6 Å². The molecule has 1 aromatic carbocycles. The number of aryl methyl sites for hydroxylation is 2. The Kier molecular flexibility index (Phi) is 5.26. The highest BCUT2D eigenvalue weighted by molar-refractivity contribution is 7.89. The van der Waals surface area contributed by atoms with Crippen molar-refractivity contribution in [2.24, 2.45) is 0 Å². The summed E-state index contributed by atoms with van der Waals surface area (Å²) in [7, 11) is -3.54. The Bertz CT molecular complexity index is 769. The summed E-state index contributed by atoms with van der Waals surface area (Å²) in [5, 5.41) is 4.84. The van der Waals surface area contributed by atoms with E-state index >= 15 is 0 Å². The summed E-state index contributed by atoms with van der Waals surface area (Å²) in [6, 6.07) is 6.23. The number of nitrogens with zero attached hydrogens (tertiary/aromatic N) is 2. The molecule has 0 unspecified atom stereocenters. The molecule has 0 saturated carbocycles. The van der Waals surface area contributed by atoms with E-state index < -0.39 is 10.0 Å². The third-order valence-corrected chi connectivity index (χ3v) is 5.30. The van der Waals surface area contributed by atoms with Crippen molar-refractivity contribution in [3.63, 3.8) is 0 Å². The largest absolute Gasteiger partial charge is 0.270 e. The summed E-state index contributed by atoms with van der Waals surface area (Å²) >= 11 is 5.84. The molecule has 0 spiro atoms. The minimum absolute atomic E-state index is 0.178. The lowest BCUT2D eigenvalue weighted by Crippen LogP contribution is -2.26. The number of aromatic nitrogens is 2. The van der Waals surface area contributed by atoms with Gasteiger partial charge in [0.1, 0.15) is 0 Å². The molecule has 0 aliphatic heterocycles. The second kappa shape index (κ2) is 6.81. The summed E-state index contributed by atoms with van der Waals surface area (Å²) < 4.78 is 29.0. The average Bonchev–Trinajstić information content (AvgIpc) is 2.74. The lowest BCUT2D eigenvalue weighted by atomic mass is 10.1. The maximum atomic E-state index is 12.2. The first kappa shape index (κ1) is 17.0. The zero-order valence-corrected chi connectivity index (χ0v) is 14.5. The smallest absolute Gasteiger partial charge is 0.240 e. The lowest BCUT2D eigenvalue weighted by molar-refractivity contribution is 0.581. The molecule has 1 aromatic heterocycles. The van der Waals surface area contributed by atoms with Crippen LogP contribution in [0.5, 0.6) is 0 Å². The van der Waals surface area contributed by atoms with E-state index in [0.29, 0.717) is 18.0 Å². The van der Waals surface area contributed by atoms with Crippen LogP contribution in [0.2, 0.25) is 5.02 Å². The molecular formula is C15H20ClN3O2S. The van der Waals surface area contributed by atoms with Crippen molar-refractivity contribution in [2.45, 2.75) is 38.6 Å². The van der Waals surface area contributed by atoms with Gasteiger partial charge in [0.15, 0.2) is 0 Å². The van der Waals surface area contributed by atoms with E-state index in [9.17, 15) is 8.42 Å². The zero-order chi connectivity index (χ0) is 16.3. The van der Waals surface area contributed by atoms with Crippen molar-refractivity contribution >= 4 is 21.6 Å². The highest BCUT2D eigenvalue weighted by Gasteiger charge is 2.15. The van der Waals surface area contributed by atoms with Crippen LogP contribution in [-0.2, 0) is 23.0 Å². The van der Waals surface area contributed by atoms with Gasteiger partial charge in [-0.15, -0.1) is 0 Å². The topological polar surface area (TPSA) is 64.0 Å². The summed E-state index contributed by atoms with van der Waals surface area (Å²) in [4.78, 5) is 0.178. The van der Waals surface area contributed by atoms with E-state index in [4.69, 9.17) is 11.6 Å². The molecule has 0 aliphatic rings. The Balaban J connectivity index is 2.06. The third kappa shape index (κ3) is 3.69. The van der Waals surface area contributed by atoms with Crippen LogP contribution in [0.3, 0.4) is 0 Å². The van der Waals surface area contributed by atoms with Crippen LogP contribution in [0, 0.1) is 13.8 Å². The van der Waals surface area contributed by atoms with Crippen LogP contribution < -0.4 is 4.72 Å². The standard InChI is InChI=1S/C15H20ClN3O2S/c1-4-19-12(3)15(11(2)18-19)8-9-17-22(20,21)14-7-5-6-13(16)10-14/h5-7,10,17H,4,8-9H2,1-3H3. The second-order valence-electron chi connectivity index (χ2n) is 5.07. The number of hydrogen-bond donors (Lipinski definition) is 1.